The first-order valence-electron chi connectivity index (χ1n) is 4.12. The molecular weight excluding hydrogens is 242 g/mol. The van der Waals surface area contributed by atoms with Crippen LogP contribution in [0.3, 0.4) is 0 Å². The quantitative estimate of drug-likeness (QED) is 0.354. The van der Waals surface area contributed by atoms with E-state index >= 15 is 0 Å². The van der Waals surface area contributed by atoms with Gasteiger partial charge in [0.25, 0.3) is 11.8 Å². The number of carbonyl (C=O) groups is 3. The summed E-state index contributed by atoms with van der Waals surface area (Å²) in [6.07, 6.45) is -1.36. The van der Waals surface area contributed by atoms with E-state index in [9.17, 15) is 22.8 Å². The van der Waals surface area contributed by atoms with Crippen LogP contribution in [0.4, 0.5) is 4.79 Å². The average molecular weight is 249 g/mol. The van der Waals surface area contributed by atoms with Crippen molar-refractivity contribution in [2.45, 2.75) is 12.8 Å². The molecule has 0 aromatic rings. The SMILES string of the molecule is O=C(OCC=S(=O)=O)ON1C(=O)CCC1=O. The van der Waals surface area contributed by atoms with E-state index in [4.69, 9.17) is 0 Å². The minimum absolute atomic E-state index is 0.0250. The maximum Gasteiger partial charge on any atom is 0.534 e. The molecule has 0 unspecified atom stereocenters. The Hall–Kier alpha value is -1.90. The number of hydrogen-bond donors (Lipinski definition) is 0. The second kappa shape index (κ2) is 5.26. The van der Waals surface area contributed by atoms with Gasteiger partial charge in [0.1, 0.15) is 6.61 Å². The summed E-state index contributed by atoms with van der Waals surface area (Å²) in [7, 11) is -2.46. The van der Waals surface area contributed by atoms with E-state index in [0.29, 0.717) is 10.4 Å². The van der Waals surface area contributed by atoms with Gasteiger partial charge < -0.3 is 4.74 Å². The molecule has 1 saturated heterocycles. The number of rotatable bonds is 3. The standard InChI is InChI=1S/C7H7NO7S/c9-5-1-2-6(10)8(5)15-7(11)14-3-4-16(12)13/h4H,1-3H2. The van der Waals surface area contributed by atoms with Gasteiger partial charge in [-0.3, -0.25) is 14.4 Å². The number of nitrogens with zero attached hydrogens (tertiary/aromatic N) is 1. The van der Waals surface area contributed by atoms with Crippen molar-refractivity contribution in [1.29, 1.82) is 0 Å². The summed E-state index contributed by atoms with van der Waals surface area (Å²) in [4.78, 5) is 37.1. The zero-order chi connectivity index (χ0) is 12.1. The smallest absolute Gasteiger partial charge is 0.427 e. The third-order valence-corrected chi connectivity index (χ3v) is 1.99. The lowest BCUT2D eigenvalue weighted by Gasteiger charge is -2.11. The van der Waals surface area contributed by atoms with E-state index in [1.54, 1.807) is 0 Å². The topological polar surface area (TPSA) is 107 Å². The van der Waals surface area contributed by atoms with Crippen LogP contribution in [0, 0.1) is 0 Å². The van der Waals surface area contributed by atoms with Crippen molar-refractivity contribution in [3.8, 4) is 0 Å². The number of hydrogen-bond acceptors (Lipinski definition) is 7. The van der Waals surface area contributed by atoms with Gasteiger partial charge in [0.2, 0.25) is 10.3 Å². The Labute approximate surface area is 91.2 Å². The van der Waals surface area contributed by atoms with Crippen molar-refractivity contribution in [2.75, 3.05) is 6.61 Å². The molecule has 1 rings (SSSR count). The van der Waals surface area contributed by atoms with Crippen molar-refractivity contribution in [3.05, 3.63) is 0 Å². The molecule has 0 bridgehead atoms. The summed E-state index contributed by atoms with van der Waals surface area (Å²) in [5, 5.41) is 0.978. The normalized spacial score (nSPS) is 14.9. The van der Waals surface area contributed by atoms with Crippen LogP contribution in [0.2, 0.25) is 0 Å². The highest BCUT2D eigenvalue weighted by Gasteiger charge is 2.33. The van der Waals surface area contributed by atoms with E-state index < -0.39 is 34.9 Å². The zero-order valence-electron chi connectivity index (χ0n) is 7.91. The number of imide groups is 1. The van der Waals surface area contributed by atoms with Crippen LogP contribution < -0.4 is 0 Å². The molecular formula is C7H7NO7S. The summed E-state index contributed by atoms with van der Waals surface area (Å²) in [5.74, 6) is -1.28. The highest BCUT2D eigenvalue weighted by atomic mass is 32.2. The van der Waals surface area contributed by atoms with Crippen LogP contribution in [0.25, 0.3) is 0 Å². The number of hydroxylamine groups is 2. The molecule has 0 aliphatic carbocycles. The molecule has 16 heavy (non-hydrogen) atoms. The first kappa shape index (κ1) is 12.2. The fourth-order valence-corrected chi connectivity index (χ4v) is 1.10. The molecule has 1 heterocycles. The van der Waals surface area contributed by atoms with E-state index in [2.05, 4.69) is 9.57 Å². The van der Waals surface area contributed by atoms with Crippen molar-refractivity contribution < 1.29 is 32.4 Å². The monoisotopic (exact) mass is 249 g/mol. The molecule has 8 nitrogen and oxygen atoms in total. The number of amides is 2. The van der Waals surface area contributed by atoms with Gasteiger partial charge in [0.05, 0.1) is 5.37 Å². The molecule has 88 valence electrons. The van der Waals surface area contributed by atoms with Gasteiger partial charge in [0.15, 0.2) is 0 Å². The summed E-state index contributed by atoms with van der Waals surface area (Å²) < 4.78 is 24.3. The first-order valence-corrected chi connectivity index (χ1v) is 5.26. The molecule has 2 amide bonds. The minimum Gasteiger partial charge on any atom is -0.427 e. The molecule has 9 heteroatoms. The Morgan fingerprint density at radius 3 is 2.38 bits per heavy atom. The Morgan fingerprint density at radius 1 is 1.31 bits per heavy atom. The lowest BCUT2D eigenvalue weighted by atomic mass is 10.4. The molecule has 0 spiro atoms. The lowest BCUT2D eigenvalue weighted by molar-refractivity contribution is -0.176. The van der Waals surface area contributed by atoms with Crippen molar-refractivity contribution in [3.63, 3.8) is 0 Å². The zero-order valence-corrected chi connectivity index (χ0v) is 8.73. The second-order valence-corrected chi connectivity index (χ2v) is 3.52. The van der Waals surface area contributed by atoms with Gasteiger partial charge in [-0.25, -0.2) is 4.79 Å². The van der Waals surface area contributed by atoms with Gasteiger partial charge in [-0.05, 0) is 0 Å². The van der Waals surface area contributed by atoms with Gasteiger partial charge in [-0.1, -0.05) is 5.06 Å². The molecule has 1 aliphatic heterocycles. The number of ether oxygens (including phenoxy) is 1. The molecule has 1 fully saturated rings. The van der Waals surface area contributed by atoms with Gasteiger partial charge >= 0.3 is 6.16 Å². The summed E-state index contributed by atoms with van der Waals surface area (Å²) in [5.41, 5.74) is 0. The Morgan fingerprint density at radius 2 is 1.88 bits per heavy atom. The fraction of sp³-hybridized carbons (Fsp3) is 0.429. The Kier molecular flexibility index (Phi) is 4.00. The molecule has 0 saturated carbocycles. The van der Waals surface area contributed by atoms with Crippen molar-refractivity contribution in [1.82, 2.24) is 5.06 Å². The molecule has 0 atom stereocenters. The maximum absolute atomic E-state index is 11.0. The Bertz CT molecular complexity index is 427. The van der Waals surface area contributed by atoms with Crippen molar-refractivity contribution >= 4 is 33.6 Å². The lowest BCUT2D eigenvalue weighted by Crippen LogP contribution is -2.32. The van der Waals surface area contributed by atoms with E-state index in [0.717, 1.165) is 0 Å². The predicted molar refractivity (Wildman–Crippen MR) is 48.5 cm³/mol. The molecule has 1 aliphatic rings. The van der Waals surface area contributed by atoms with E-state index in [-0.39, 0.29) is 12.8 Å². The van der Waals surface area contributed by atoms with Crippen LogP contribution in [0.1, 0.15) is 12.8 Å². The third-order valence-electron chi connectivity index (χ3n) is 1.58. The largest absolute Gasteiger partial charge is 0.534 e. The minimum atomic E-state index is -2.46. The van der Waals surface area contributed by atoms with E-state index in [1.165, 1.54) is 0 Å². The van der Waals surface area contributed by atoms with Crippen LogP contribution in [-0.4, -0.2) is 43.4 Å². The molecule has 0 N–H and O–H groups in total. The molecule has 0 radical (unpaired) electrons. The molecule has 0 aromatic carbocycles. The van der Waals surface area contributed by atoms with Crippen LogP contribution >= 0.6 is 0 Å². The highest BCUT2D eigenvalue weighted by molar-refractivity contribution is 7.71. The third kappa shape index (κ3) is 3.35. The predicted octanol–water partition coefficient (Wildman–Crippen LogP) is -1.12. The number of carbonyl (C=O) groups excluding carboxylic acids is 3. The van der Waals surface area contributed by atoms with Gasteiger partial charge in [-0.15, -0.1) is 0 Å². The van der Waals surface area contributed by atoms with Crippen molar-refractivity contribution in [2.24, 2.45) is 0 Å². The van der Waals surface area contributed by atoms with Gasteiger partial charge in [-0.2, -0.15) is 8.42 Å². The maximum atomic E-state index is 11.0. The highest BCUT2D eigenvalue weighted by Crippen LogP contribution is 2.12. The van der Waals surface area contributed by atoms with Crippen LogP contribution in [0.15, 0.2) is 0 Å². The van der Waals surface area contributed by atoms with Crippen LogP contribution in [0.5, 0.6) is 0 Å². The van der Waals surface area contributed by atoms with Crippen LogP contribution in [-0.2, 0) is 29.5 Å². The fourth-order valence-electron chi connectivity index (χ4n) is 0.916. The summed E-state index contributed by atoms with van der Waals surface area (Å²) in [6, 6.07) is 0. The van der Waals surface area contributed by atoms with Gasteiger partial charge in [0, 0.05) is 12.8 Å². The molecule has 0 aromatic heterocycles. The summed E-state index contributed by atoms with van der Waals surface area (Å²) >= 11 is 0. The average Bonchev–Trinajstić information content (AvgIpc) is 2.49. The second-order valence-electron chi connectivity index (χ2n) is 2.66. The summed E-state index contributed by atoms with van der Waals surface area (Å²) in [6.45, 7) is -0.523. The Balaban J connectivity index is 2.42. The van der Waals surface area contributed by atoms with E-state index in [1.807, 2.05) is 0 Å². The first-order chi connectivity index (χ1) is 7.50.